The number of hydrogen-bond donors (Lipinski definition) is 0. The summed E-state index contributed by atoms with van der Waals surface area (Å²) in [6.07, 6.45) is 3.48. The number of methoxy groups -OCH3 is 1. The van der Waals surface area contributed by atoms with Gasteiger partial charge in [0.15, 0.2) is 0 Å². The first-order chi connectivity index (χ1) is 8.72. The highest BCUT2D eigenvalue weighted by Crippen LogP contribution is 2.25. The zero-order chi connectivity index (χ0) is 13.0. The maximum Gasteiger partial charge on any atom is 0.280 e. The van der Waals surface area contributed by atoms with E-state index >= 15 is 0 Å². The van der Waals surface area contributed by atoms with Gasteiger partial charge in [-0.05, 0) is 18.2 Å². The van der Waals surface area contributed by atoms with E-state index < -0.39 is 4.92 Å². The molecule has 1 aromatic carbocycles. The van der Waals surface area contributed by atoms with Crippen LogP contribution < -0.4 is 0 Å². The Kier molecular flexibility index (Phi) is 3.64. The first kappa shape index (κ1) is 12.2. The van der Waals surface area contributed by atoms with Crippen molar-refractivity contribution in [2.75, 3.05) is 13.7 Å². The first-order valence-electron chi connectivity index (χ1n) is 5.42. The molecule has 0 bridgehead atoms. The Morgan fingerprint density at radius 2 is 2.22 bits per heavy atom. The van der Waals surface area contributed by atoms with Crippen molar-refractivity contribution in [3.8, 4) is 0 Å². The lowest BCUT2D eigenvalue weighted by molar-refractivity contribution is -0.383. The third kappa shape index (κ3) is 2.52. The van der Waals surface area contributed by atoms with E-state index in [4.69, 9.17) is 4.74 Å². The number of ether oxygens (including phenoxy) is 1. The molecule has 5 nitrogen and oxygen atoms in total. The second kappa shape index (κ2) is 5.37. The van der Waals surface area contributed by atoms with Crippen LogP contribution >= 0.6 is 0 Å². The lowest BCUT2D eigenvalue weighted by atomic mass is 10.1. The number of rotatable bonds is 4. The van der Waals surface area contributed by atoms with E-state index in [1.165, 1.54) is 6.07 Å². The fourth-order valence-electron chi connectivity index (χ4n) is 1.68. The first-order valence-corrected chi connectivity index (χ1v) is 5.42. The second-order valence-electron chi connectivity index (χ2n) is 3.70. The molecular weight excluding hydrogens is 232 g/mol. The van der Waals surface area contributed by atoms with Crippen molar-refractivity contribution in [3.63, 3.8) is 0 Å². The third-order valence-corrected chi connectivity index (χ3v) is 2.46. The molecule has 0 unspecified atom stereocenters. The summed E-state index contributed by atoms with van der Waals surface area (Å²) in [5, 5.41) is 11.6. The Morgan fingerprint density at radius 3 is 2.94 bits per heavy atom. The SMILES string of the molecule is COCC=Cc1cc([N+](=O)[O-])c2ccccc2n1. The zero-order valence-corrected chi connectivity index (χ0v) is 9.87. The summed E-state index contributed by atoms with van der Waals surface area (Å²) in [7, 11) is 1.58. The monoisotopic (exact) mass is 244 g/mol. The maximum absolute atomic E-state index is 11.0. The molecule has 0 radical (unpaired) electrons. The van der Waals surface area contributed by atoms with Crippen LogP contribution in [0.2, 0.25) is 0 Å². The summed E-state index contributed by atoms with van der Waals surface area (Å²) < 4.78 is 4.88. The Bertz CT molecular complexity index is 608. The van der Waals surface area contributed by atoms with Crippen molar-refractivity contribution in [2.45, 2.75) is 0 Å². The fraction of sp³-hybridized carbons (Fsp3) is 0.154. The summed E-state index contributed by atoms with van der Waals surface area (Å²) in [6, 6.07) is 8.49. The lowest BCUT2D eigenvalue weighted by Crippen LogP contribution is -1.93. The zero-order valence-electron chi connectivity index (χ0n) is 9.87. The third-order valence-electron chi connectivity index (χ3n) is 2.46. The highest BCUT2D eigenvalue weighted by Gasteiger charge is 2.13. The van der Waals surface area contributed by atoms with Gasteiger partial charge in [-0.25, -0.2) is 4.98 Å². The van der Waals surface area contributed by atoms with Crippen molar-refractivity contribution >= 4 is 22.7 Å². The molecule has 0 atom stereocenters. The van der Waals surface area contributed by atoms with Crippen molar-refractivity contribution < 1.29 is 9.66 Å². The number of nitrogens with zero attached hydrogens (tertiary/aromatic N) is 2. The van der Waals surface area contributed by atoms with Crippen LogP contribution in [0.15, 0.2) is 36.4 Å². The number of pyridine rings is 1. The Morgan fingerprint density at radius 1 is 1.44 bits per heavy atom. The summed E-state index contributed by atoms with van der Waals surface area (Å²) >= 11 is 0. The average Bonchev–Trinajstić information content (AvgIpc) is 2.38. The van der Waals surface area contributed by atoms with E-state index in [1.807, 2.05) is 6.07 Å². The van der Waals surface area contributed by atoms with Gasteiger partial charge in [-0.1, -0.05) is 18.2 Å². The molecular formula is C13H12N2O3. The van der Waals surface area contributed by atoms with Crippen LogP contribution in [0.25, 0.3) is 17.0 Å². The fourth-order valence-corrected chi connectivity index (χ4v) is 1.68. The van der Waals surface area contributed by atoms with Crippen LogP contribution in [0.1, 0.15) is 5.69 Å². The standard InChI is InChI=1S/C13H12N2O3/c1-18-8-4-5-10-9-13(15(16)17)11-6-2-3-7-12(11)14-10/h2-7,9H,8H2,1H3. The molecule has 5 heteroatoms. The quantitative estimate of drug-likeness (QED) is 0.612. The number of benzene rings is 1. The van der Waals surface area contributed by atoms with Crippen LogP contribution in [-0.2, 0) is 4.74 Å². The largest absolute Gasteiger partial charge is 0.381 e. The molecule has 92 valence electrons. The molecule has 2 aromatic rings. The maximum atomic E-state index is 11.0. The summed E-state index contributed by atoms with van der Waals surface area (Å²) in [4.78, 5) is 15.0. The van der Waals surface area contributed by atoms with Gasteiger partial charge in [0.25, 0.3) is 5.69 Å². The number of nitro groups is 1. The van der Waals surface area contributed by atoms with E-state index in [-0.39, 0.29) is 5.69 Å². The van der Waals surface area contributed by atoms with Gasteiger partial charge in [0.05, 0.1) is 28.1 Å². The topological polar surface area (TPSA) is 65.3 Å². The minimum Gasteiger partial charge on any atom is -0.381 e. The van der Waals surface area contributed by atoms with Crippen LogP contribution in [0.5, 0.6) is 0 Å². The minimum atomic E-state index is -0.391. The van der Waals surface area contributed by atoms with Crippen molar-refractivity contribution in [1.82, 2.24) is 4.98 Å². The van der Waals surface area contributed by atoms with E-state index in [0.29, 0.717) is 23.2 Å². The smallest absolute Gasteiger partial charge is 0.280 e. The second-order valence-corrected chi connectivity index (χ2v) is 3.70. The summed E-state index contributed by atoms with van der Waals surface area (Å²) in [5.74, 6) is 0. The highest BCUT2D eigenvalue weighted by atomic mass is 16.6. The molecule has 0 aliphatic heterocycles. The average molecular weight is 244 g/mol. The van der Waals surface area contributed by atoms with Crippen molar-refractivity contribution in [3.05, 3.63) is 52.2 Å². The molecule has 0 saturated heterocycles. The van der Waals surface area contributed by atoms with Crippen LogP contribution in [0.3, 0.4) is 0 Å². The molecule has 1 aromatic heterocycles. The van der Waals surface area contributed by atoms with Gasteiger partial charge in [0.2, 0.25) is 0 Å². The predicted molar refractivity (Wildman–Crippen MR) is 69.3 cm³/mol. The molecule has 0 fully saturated rings. The molecule has 0 N–H and O–H groups in total. The number of para-hydroxylation sites is 1. The van der Waals surface area contributed by atoms with Gasteiger partial charge in [0, 0.05) is 13.2 Å². The molecule has 18 heavy (non-hydrogen) atoms. The van der Waals surface area contributed by atoms with Crippen molar-refractivity contribution in [1.29, 1.82) is 0 Å². The van der Waals surface area contributed by atoms with Gasteiger partial charge in [-0.3, -0.25) is 10.1 Å². The summed E-state index contributed by atoms with van der Waals surface area (Å²) in [6.45, 7) is 0.447. The molecule has 0 amide bonds. The van der Waals surface area contributed by atoms with E-state index in [1.54, 1.807) is 37.5 Å². The highest BCUT2D eigenvalue weighted by molar-refractivity contribution is 5.88. The molecule has 0 aliphatic carbocycles. The van der Waals surface area contributed by atoms with E-state index in [2.05, 4.69) is 4.98 Å². The van der Waals surface area contributed by atoms with Gasteiger partial charge < -0.3 is 4.74 Å². The number of hydrogen-bond acceptors (Lipinski definition) is 4. The number of aromatic nitrogens is 1. The van der Waals surface area contributed by atoms with Crippen LogP contribution in [-0.4, -0.2) is 23.6 Å². The van der Waals surface area contributed by atoms with Crippen LogP contribution in [0, 0.1) is 10.1 Å². The Hall–Kier alpha value is -2.27. The van der Waals surface area contributed by atoms with Gasteiger partial charge in [-0.2, -0.15) is 0 Å². The Balaban J connectivity index is 2.54. The lowest BCUT2D eigenvalue weighted by Gasteiger charge is -2.01. The van der Waals surface area contributed by atoms with E-state index in [0.717, 1.165) is 0 Å². The molecule has 0 aliphatic rings. The summed E-state index contributed by atoms with van der Waals surface area (Å²) in [5.41, 5.74) is 1.24. The van der Waals surface area contributed by atoms with Crippen LogP contribution in [0.4, 0.5) is 5.69 Å². The van der Waals surface area contributed by atoms with Gasteiger partial charge in [-0.15, -0.1) is 0 Å². The molecule has 1 heterocycles. The Labute approximate surface area is 104 Å². The van der Waals surface area contributed by atoms with Crippen molar-refractivity contribution in [2.24, 2.45) is 0 Å². The van der Waals surface area contributed by atoms with E-state index in [9.17, 15) is 10.1 Å². The molecule has 0 saturated carbocycles. The van der Waals surface area contributed by atoms with Gasteiger partial charge >= 0.3 is 0 Å². The normalized spacial score (nSPS) is 11.2. The predicted octanol–water partition coefficient (Wildman–Crippen LogP) is 2.80. The van der Waals surface area contributed by atoms with Gasteiger partial charge in [0.1, 0.15) is 0 Å². The number of fused-ring (bicyclic) bond motifs is 1. The molecule has 2 rings (SSSR count). The molecule has 0 spiro atoms. The minimum absolute atomic E-state index is 0.0673.